The fraction of sp³-hybridized carbons (Fsp3) is 0.750. The highest BCUT2D eigenvalue weighted by atomic mass is 16.4. The van der Waals surface area contributed by atoms with Crippen LogP contribution < -0.4 is 0 Å². The SMILES string of the molecule is Cn1cnnc1CN1C[C@H]2CN(C(=O)C3CCC3)C[C@@]2(C(=O)O)C1. The highest BCUT2D eigenvalue weighted by Crippen LogP contribution is 2.44. The van der Waals surface area contributed by atoms with Gasteiger partial charge in [-0.3, -0.25) is 14.5 Å². The molecule has 1 N–H and O–H groups in total. The number of hydrogen-bond donors (Lipinski definition) is 1. The summed E-state index contributed by atoms with van der Waals surface area (Å²) in [6, 6.07) is 0. The third kappa shape index (κ3) is 2.31. The number of carbonyl (C=O) groups excluding carboxylic acids is 1. The number of hydrogen-bond acceptors (Lipinski definition) is 5. The van der Waals surface area contributed by atoms with Crippen LogP contribution in [0.4, 0.5) is 0 Å². The summed E-state index contributed by atoms with van der Waals surface area (Å²) in [4.78, 5) is 28.5. The predicted molar refractivity (Wildman–Crippen MR) is 83.8 cm³/mol. The maximum Gasteiger partial charge on any atom is 0.313 e. The molecule has 4 rings (SSSR count). The lowest BCUT2D eigenvalue weighted by Crippen LogP contribution is -2.44. The van der Waals surface area contributed by atoms with Crippen molar-refractivity contribution in [2.75, 3.05) is 26.2 Å². The highest BCUT2D eigenvalue weighted by Gasteiger charge is 2.58. The topological polar surface area (TPSA) is 91.6 Å². The molecule has 2 atom stereocenters. The normalized spacial score (nSPS) is 30.4. The third-order valence-corrected chi connectivity index (χ3v) is 6.04. The van der Waals surface area contributed by atoms with Crippen molar-refractivity contribution in [1.82, 2.24) is 24.6 Å². The lowest BCUT2D eigenvalue weighted by Gasteiger charge is -2.31. The minimum Gasteiger partial charge on any atom is -0.481 e. The van der Waals surface area contributed by atoms with E-state index < -0.39 is 11.4 Å². The summed E-state index contributed by atoms with van der Waals surface area (Å²) in [6.07, 6.45) is 4.68. The Balaban J connectivity index is 1.48. The summed E-state index contributed by atoms with van der Waals surface area (Å²) in [5.74, 6) is 0.336. The van der Waals surface area contributed by atoms with E-state index in [1.807, 2.05) is 16.5 Å². The van der Waals surface area contributed by atoms with Crippen molar-refractivity contribution >= 4 is 11.9 Å². The monoisotopic (exact) mass is 333 g/mol. The number of amides is 1. The lowest BCUT2D eigenvalue weighted by molar-refractivity contribution is -0.149. The summed E-state index contributed by atoms with van der Waals surface area (Å²) in [5, 5.41) is 17.8. The highest BCUT2D eigenvalue weighted by molar-refractivity contribution is 5.83. The second-order valence-electron chi connectivity index (χ2n) is 7.53. The number of aryl methyl sites for hydroxylation is 1. The van der Waals surface area contributed by atoms with Gasteiger partial charge in [-0.05, 0) is 12.8 Å². The molecule has 8 nitrogen and oxygen atoms in total. The molecule has 3 heterocycles. The van der Waals surface area contributed by atoms with E-state index in [0.717, 1.165) is 25.1 Å². The molecular weight excluding hydrogens is 310 g/mol. The van der Waals surface area contributed by atoms with E-state index in [9.17, 15) is 14.7 Å². The molecule has 0 bridgehead atoms. The molecule has 3 aliphatic rings. The number of nitrogens with zero attached hydrogens (tertiary/aromatic N) is 5. The van der Waals surface area contributed by atoms with Crippen molar-refractivity contribution in [2.24, 2.45) is 24.3 Å². The molecule has 8 heteroatoms. The summed E-state index contributed by atoms with van der Waals surface area (Å²) < 4.78 is 1.86. The molecule has 130 valence electrons. The fourth-order valence-corrected chi connectivity index (χ4v) is 4.32. The molecule has 3 fully saturated rings. The van der Waals surface area contributed by atoms with E-state index in [1.165, 1.54) is 0 Å². The van der Waals surface area contributed by atoms with Crippen molar-refractivity contribution < 1.29 is 14.7 Å². The Morgan fingerprint density at radius 1 is 1.33 bits per heavy atom. The van der Waals surface area contributed by atoms with E-state index in [0.29, 0.717) is 32.7 Å². The van der Waals surface area contributed by atoms with Crippen LogP contribution in [0.15, 0.2) is 6.33 Å². The largest absolute Gasteiger partial charge is 0.481 e. The van der Waals surface area contributed by atoms with Crippen molar-refractivity contribution in [2.45, 2.75) is 25.8 Å². The van der Waals surface area contributed by atoms with Crippen molar-refractivity contribution in [3.63, 3.8) is 0 Å². The standard InChI is InChI=1S/C16H23N5O3/c1-19-10-17-18-13(19)7-20-5-12-6-21(14(22)11-3-2-4-11)9-16(12,8-20)15(23)24/h10-12H,2-9H2,1H3,(H,23,24)/t12-,16-/m0/s1. The van der Waals surface area contributed by atoms with Crippen molar-refractivity contribution in [3.05, 3.63) is 12.2 Å². The van der Waals surface area contributed by atoms with Gasteiger partial charge in [-0.15, -0.1) is 10.2 Å². The van der Waals surface area contributed by atoms with Gasteiger partial charge in [0, 0.05) is 45.1 Å². The van der Waals surface area contributed by atoms with Crippen molar-refractivity contribution in [1.29, 1.82) is 0 Å². The van der Waals surface area contributed by atoms with Gasteiger partial charge in [-0.25, -0.2) is 0 Å². The van der Waals surface area contributed by atoms with E-state index in [2.05, 4.69) is 15.1 Å². The molecule has 1 saturated carbocycles. The summed E-state index contributed by atoms with van der Waals surface area (Å²) in [6.45, 7) is 2.66. The molecule has 1 aromatic heterocycles. The Hall–Kier alpha value is -1.96. The van der Waals surface area contributed by atoms with Crippen LogP contribution in [-0.2, 0) is 23.2 Å². The van der Waals surface area contributed by atoms with Crippen molar-refractivity contribution in [3.8, 4) is 0 Å². The first kappa shape index (κ1) is 15.6. The maximum atomic E-state index is 12.5. The molecule has 0 radical (unpaired) electrons. The van der Waals surface area contributed by atoms with Gasteiger partial charge in [0.15, 0.2) is 0 Å². The molecule has 1 aromatic rings. The Morgan fingerprint density at radius 3 is 2.67 bits per heavy atom. The number of carboxylic acid groups (broad SMARTS) is 1. The molecular formula is C16H23N5O3. The summed E-state index contributed by atoms with van der Waals surface area (Å²) >= 11 is 0. The van der Waals surface area contributed by atoms with Gasteiger partial charge in [0.25, 0.3) is 0 Å². The second kappa shape index (κ2) is 5.54. The van der Waals surface area contributed by atoms with E-state index >= 15 is 0 Å². The van der Waals surface area contributed by atoms with Crippen LogP contribution in [0.2, 0.25) is 0 Å². The van der Waals surface area contributed by atoms with Crippen LogP contribution in [-0.4, -0.2) is 67.7 Å². The van der Waals surface area contributed by atoms with Gasteiger partial charge >= 0.3 is 5.97 Å². The maximum absolute atomic E-state index is 12.5. The zero-order chi connectivity index (χ0) is 16.9. The van der Waals surface area contributed by atoms with E-state index in [4.69, 9.17) is 0 Å². The Kier molecular flexibility index (Phi) is 3.59. The number of rotatable bonds is 4. The average molecular weight is 333 g/mol. The van der Waals surface area contributed by atoms with Crippen LogP contribution in [0, 0.1) is 17.3 Å². The Bertz CT molecular complexity index is 670. The van der Waals surface area contributed by atoms with Crippen LogP contribution in [0.3, 0.4) is 0 Å². The van der Waals surface area contributed by atoms with Gasteiger partial charge in [-0.1, -0.05) is 6.42 Å². The van der Waals surface area contributed by atoms with Crippen LogP contribution in [0.25, 0.3) is 0 Å². The van der Waals surface area contributed by atoms with Crippen LogP contribution in [0.5, 0.6) is 0 Å². The minimum absolute atomic E-state index is 0.00717. The summed E-state index contributed by atoms with van der Waals surface area (Å²) in [5.41, 5.74) is -0.835. The first-order valence-corrected chi connectivity index (χ1v) is 8.57. The first-order valence-electron chi connectivity index (χ1n) is 8.57. The molecule has 1 aliphatic carbocycles. The van der Waals surface area contributed by atoms with Gasteiger partial charge in [-0.2, -0.15) is 0 Å². The van der Waals surface area contributed by atoms with Crippen LogP contribution in [0.1, 0.15) is 25.1 Å². The van der Waals surface area contributed by atoms with Gasteiger partial charge in [0.1, 0.15) is 17.6 Å². The molecule has 2 aliphatic heterocycles. The van der Waals surface area contributed by atoms with Gasteiger partial charge in [0.2, 0.25) is 5.91 Å². The minimum atomic E-state index is -0.835. The first-order chi connectivity index (χ1) is 11.5. The zero-order valence-corrected chi connectivity index (χ0v) is 13.9. The number of aliphatic carboxylic acids is 1. The number of fused-ring (bicyclic) bond motifs is 1. The van der Waals surface area contributed by atoms with Gasteiger partial charge in [0.05, 0.1) is 6.54 Å². The fourth-order valence-electron chi connectivity index (χ4n) is 4.32. The predicted octanol–water partition coefficient (Wildman–Crippen LogP) is -0.0398. The molecule has 24 heavy (non-hydrogen) atoms. The Morgan fingerprint density at radius 2 is 2.12 bits per heavy atom. The number of carboxylic acids is 1. The molecule has 0 spiro atoms. The quantitative estimate of drug-likeness (QED) is 0.831. The number of aromatic nitrogens is 3. The smallest absolute Gasteiger partial charge is 0.313 e. The molecule has 0 unspecified atom stereocenters. The molecule has 0 aromatic carbocycles. The van der Waals surface area contributed by atoms with Crippen LogP contribution >= 0.6 is 0 Å². The van der Waals surface area contributed by atoms with E-state index in [1.54, 1.807) is 6.33 Å². The average Bonchev–Trinajstić information content (AvgIpc) is 3.10. The molecule has 2 saturated heterocycles. The Labute approximate surface area is 140 Å². The lowest BCUT2D eigenvalue weighted by atomic mass is 9.81. The number of carbonyl (C=O) groups is 2. The van der Waals surface area contributed by atoms with Gasteiger partial charge < -0.3 is 14.6 Å². The zero-order valence-electron chi connectivity index (χ0n) is 13.9. The third-order valence-electron chi connectivity index (χ3n) is 6.04. The van der Waals surface area contributed by atoms with E-state index in [-0.39, 0.29) is 17.7 Å². The summed E-state index contributed by atoms with van der Waals surface area (Å²) in [7, 11) is 1.89. The second-order valence-corrected chi connectivity index (χ2v) is 7.53. The number of likely N-dealkylation sites (tertiary alicyclic amines) is 2. The molecule has 1 amide bonds.